The van der Waals surface area contributed by atoms with E-state index >= 15 is 0 Å². The number of hydrogen-bond donors (Lipinski definition) is 0. The van der Waals surface area contributed by atoms with Crippen LogP contribution >= 0.6 is 0 Å². The molecule has 0 aliphatic rings. The van der Waals surface area contributed by atoms with E-state index in [-0.39, 0.29) is 37.5 Å². The van der Waals surface area contributed by atoms with Gasteiger partial charge in [0.1, 0.15) is 13.2 Å². The Kier molecular flexibility index (Phi) is 65.4. The summed E-state index contributed by atoms with van der Waals surface area (Å²) in [5.41, 5.74) is 0. The van der Waals surface area contributed by atoms with Crippen LogP contribution in [0.5, 0.6) is 0 Å². The van der Waals surface area contributed by atoms with E-state index in [1.54, 1.807) is 0 Å². The number of carbonyl (C=O) groups is 3. The second-order valence-corrected chi connectivity index (χ2v) is 22.0. The zero-order valence-electron chi connectivity index (χ0n) is 53.7. The molecule has 0 bridgehead atoms. The van der Waals surface area contributed by atoms with E-state index in [0.29, 0.717) is 19.3 Å². The molecule has 0 aromatic heterocycles. The van der Waals surface area contributed by atoms with Crippen molar-refractivity contribution in [2.75, 3.05) is 13.2 Å². The van der Waals surface area contributed by atoms with Gasteiger partial charge in [0.2, 0.25) is 0 Å². The zero-order valence-corrected chi connectivity index (χ0v) is 53.7. The van der Waals surface area contributed by atoms with Crippen LogP contribution in [0.1, 0.15) is 290 Å². The van der Waals surface area contributed by atoms with Crippen molar-refractivity contribution in [1.29, 1.82) is 0 Å². The number of carbonyl (C=O) groups excluding carboxylic acids is 3. The number of allylic oxidation sites excluding steroid dienone is 26. The Morgan fingerprint density at radius 2 is 0.470 bits per heavy atom. The largest absolute Gasteiger partial charge is 0.462 e. The smallest absolute Gasteiger partial charge is 0.306 e. The van der Waals surface area contributed by atoms with Crippen molar-refractivity contribution in [2.24, 2.45) is 0 Å². The Hall–Kier alpha value is -4.97. The summed E-state index contributed by atoms with van der Waals surface area (Å²) in [5.74, 6) is -0.980. The molecule has 0 aromatic rings. The third-order valence-corrected chi connectivity index (χ3v) is 14.0. The molecule has 0 heterocycles. The molecule has 6 heteroatoms. The van der Waals surface area contributed by atoms with Gasteiger partial charge in [0.15, 0.2) is 6.10 Å². The van der Waals surface area contributed by atoms with Gasteiger partial charge in [-0.3, -0.25) is 14.4 Å². The van der Waals surface area contributed by atoms with Gasteiger partial charge in [-0.15, -0.1) is 0 Å². The molecule has 0 rings (SSSR count). The average Bonchev–Trinajstić information content (AvgIpc) is 3.50. The maximum absolute atomic E-state index is 12.9. The zero-order chi connectivity index (χ0) is 59.9. The highest BCUT2D eigenvalue weighted by Crippen LogP contribution is 2.15. The highest BCUT2D eigenvalue weighted by atomic mass is 16.6. The maximum Gasteiger partial charge on any atom is 0.306 e. The first-order valence-electron chi connectivity index (χ1n) is 34.0. The molecule has 468 valence electrons. The summed E-state index contributed by atoms with van der Waals surface area (Å²) in [6.45, 7) is 6.35. The molecule has 0 aliphatic heterocycles. The summed E-state index contributed by atoms with van der Waals surface area (Å²) >= 11 is 0. The normalized spacial score (nSPS) is 13.1. The minimum atomic E-state index is -0.822. The molecule has 0 fully saturated rings. The lowest BCUT2D eigenvalue weighted by molar-refractivity contribution is -0.167. The number of hydrogen-bond acceptors (Lipinski definition) is 6. The van der Waals surface area contributed by atoms with Gasteiger partial charge in [0.25, 0.3) is 0 Å². The van der Waals surface area contributed by atoms with E-state index < -0.39 is 6.10 Å². The standard InChI is InChI=1S/C77H124O6/c1-4-7-10-13-16-19-22-25-28-31-33-35-36-37-38-39-40-42-43-46-49-52-55-58-61-64-67-70-76(79)82-73-74(72-81-75(78)69-66-63-60-57-54-51-48-45-30-27-24-21-18-15-12-9-6-3)83-77(80)71-68-65-62-59-56-53-50-47-44-41-34-32-29-26-23-20-17-14-11-8-5-2/h8-9,11-12,17-18,20-22,25-27,29-31,33-34,36-37,41,47-48,50-51,56,59,74H,4-7,10,13-16,19,23-24,28,32,35,38-40,42-46,49,52-55,57-58,60-73H2,1-3H3/b11-8-,12-9-,20-17-,21-18-,25-22-,29-26-,30-27-,33-31-,37-36-,41-34-,50-47-,51-48-,59-56-. The molecule has 0 spiro atoms. The first-order chi connectivity index (χ1) is 41.0. The minimum Gasteiger partial charge on any atom is -0.462 e. The highest BCUT2D eigenvalue weighted by Gasteiger charge is 2.19. The van der Waals surface area contributed by atoms with Gasteiger partial charge in [-0.25, -0.2) is 0 Å². The summed E-state index contributed by atoms with van der Waals surface area (Å²) in [4.78, 5) is 38.4. The van der Waals surface area contributed by atoms with Crippen LogP contribution < -0.4 is 0 Å². The van der Waals surface area contributed by atoms with Crippen molar-refractivity contribution < 1.29 is 28.6 Å². The fourth-order valence-electron chi connectivity index (χ4n) is 8.97. The first-order valence-corrected chi connectivity index (χ1v) is 34.0. The average molecular weight is 1150 g/mol. The molecule has 0 N–H and O–H groups in total. The molecular weight excluding hydrogens is 1020 g/mol. The lowest BCUT2D eigenvalue weighted by Gasteiger charge is -2.18. The fraction of sp³-hybridized carbons (Fsp3) is 0.623. The van der Waals surface area contributed by atoms with Gasteiger partial charge in [-0.2, -0.15) is 0 Å². The minimum absolute atomic E-state index is 0.111. The number of ether oxygens (including phenoxy) is 3. The van der Waals surface area contributed by atoms with E-state index in [1.165, 1.54) is 103 Å². The Balaban J connectivity index is 4.47. The predicted molar refractivity (Wildman–Crippen MR) is 362 cm³/mol. The maximum atomic E-state index is 12.9. The van der Waals surface area contributed by atoms with Crippen molar-refractivity contribution in [3.05, 3.63) is 158 Å². The lowest BCUT2D eigenvalue weighted by atomic mass is 10.0. The van der Waals surface area contributed by atoms with E-state index in [2.05, 4.69) is 179 Å². The molecule has 1 unspecified atom stereocenters. The number of esters is 3. The Morgan fingerprint density at radius 1 is 0.253 bits per heavy atom. The lowest BCUT2D eigenvalue weighted by Crippen LogP contribution is -2.30. The summed E-state index contributed by atoms with van der Waals surface area (Å²) in [7, 11) is 0. The van der Waals surface area contributed by atoms with Gasteiger partial charge < -0.3 is 14.2 Å². The molecule has 83 heavy (non-hydrogen) atoms. The highest BCUT2D eigenvalue weighted by molar-refractivity contribution is 5.71. The molecule has 0 saturated carbocycles. The van der Waals surface area contributed by atoms with Crippen molar-refractivity contribution in [2.45, 2.75) is 297 Å². The number of rotatable bonds is 60. The van der Waals surface area contributed by atoms with E-state index in [9.17, 15) is 14.4 Å². The van der Waals surface area contributed by atoms with Crippen molar-refractivity contribution >= 4 is 17.9 Å². The molecule has 0 aromatic carbocycles. The van der Waals surface area contributed by atoms with Crippen molar-refractivity contribution in [3.63, 3.8) is 0 Å². The van der Waals surface area contributed by atoms with Gasteiger partial charge in [-0.1, -0.05) is 281 Å². The fourth-order valence-corrected chi connectivity index (χ4v) is 8.97. The van der Waals surface area contributed by atoms with Crippen LogP contribution in [-0.4, -0.2) is 37.2 Å². The van der Waals surface area contributed by atoms with Crippen molar-refractivity contribution in [3.8, 4) is 0 Å². The summed E-state index contributed by atoms with van der Waals surface area (Å²) in [5, 5.41) is 0. The van der Waals surface area contributed by atoms with Gasteiger partial charge >= 0.3 is 17.9 Å². The van der Waals surface area contributed by atoms with Crippen LogP contribution in [0.2, 0.25) is 0 Å². The third-order valence-electron chi connectivity index (χ3n) is 14.0. The number of unbranched alkanes of at least 4 members (excludes halogenated alkanes) is 23. The molecule has 0 aliphatic carbocycles. The second-order valence-electron chi connectivity index (χ2n) is 22.0. The van der Waals surface area contributed by atoms with Crippen LogP contribution in [0.3, 0.4) is 0 Å². The van der Waals surface area contributed by atoms with E-state index in [0.717, 1.165) is 141 Å². The molecule has 0 radical (unpaired) electrons. The summed E-state index contributed by atoms with van der Waals surface area (Å²) in [6.07, 6.45) is 101. The molecule has 0 saturated heterocycles. The van der Waals surface area contributed by atoms with Crippen LogP contribution in [0, 0.1) is 0 Å². The topological polar surface area (TPSA) is 78.9 Å². The predicted octanol–water partition coefficient (Wildman–Crippen LogP) is 23.7. The van der Waals surface area contributed by atoms with Crippen LogP contribution in [-0.2, 0) is 28.6 Å². The van der Waals surface area contributed by atoms with Gasteiger partial charge in [0, 0.05) is 19.3 Å². The summed E-state index contributed by atoms with van der Waals surface area (Å²) < 4.78 is 16.9. The van der Waals surface area contributed by atoms with E-state index in [1.807, 2.05) is 0 Å². The quantitative estimate of drug-likeness (QED) is 0.0261. The molecule has 6 nitrogen and oxygen atoms in total. The Morgan fingerprint density at radius 3 is 0.759 bits per heavy atom. The third kappa shape index (κ3) is 67.7. The van der Waals surface area contributed by atoms with Crippen LogP contribution in [0.25, 0.3) is 0 Å². The van der Waals surface area contributed by atoms with Crippen LogP contribution in [0.4, 0.5) is 0 Å². The van der Waals surface area contributed by atoms with E-state index in [4.69, 9.17) is 14.2 Å². The second kappa shape index (κ2) is 69.5. The van der Waals surface area contributed by atoms with Crippen LogP contribution in [0.15, 0.2) is 158 Å². The first kappa shape index (κ1) is 78.0. The summed E-state index contributed by atoms with van der Waals surface area (Å²) in [6, 6.07) is 0. The molecule has 0 amide bonds. The Labute approximate surface area is 511 Å². The van der Waals surface area contributed by atoms with Gasteiger partial charge in [0.05, 0.1) is 0 Å². The molecule has 1 atom stereocenters. The van der Waals surface area contributed by atoms with Crippen molar-refractivity contribution in [1.82, 2.24) is 0 Å². The van der Waals surface area contributed by atoms with Gasteiger partial charge in [-0.05, 0) is 148 Å². The SMILES string of the molecule is CC/C=C\C/C=C\C/C=C\C/C=C\C/C=C\C/C=C\CCCCC(=O)OC(COC(=O)CCCCCC/C=C\C/C=C\C/C=C\C/C=C\CC)COC(=O)CCCCCCCCCCCCCC/C=C\C/C=C\C/C=C\CCCCCCC. The monoisotopic (exact) mass is 1140 g/mol. The molecular formula is C77H124O6. The Bertz CT molecular complexity index is 1840.